The monoisotopic (exact) mass is 464 g/mol. The summed E-state index contributed by atoms with van der Waals surface area (Å²) >= 11 is 0. The van der Waals surface area contributed by atoms with Crippen molar-refractivity contribution < 1.29 is 18.7 Å². The standard InChI is InChI=1S/C12H19FN3OP.C11H15NO2/c1-3-5-8(17)11-14-10-7-6-9(16(10)15-11)12(13,18)4-2;1-12(2)10-6-3-4-7-11(10)14-9-5-8-13/h9H,3-7,18H2,1-2H3;3-4,6-8H,5,9H2,1-2H3. The molecule has 0 spiro atoms. The largest absolute Gasteiger partial charge is 0.491 e. The van der Waals surface area contributed by atoms with Crippen LogP contribution in [0.4, 0.5) is 10.1 Å². The lowest BCUT2D eigenvalue weighted by atomic mass is 10.1. The van der Waals surface area contributed by atoms with E-state index in [9.17, 15) is 14.0 Å². The van der Waals surface area contributed by atoms with E-state index < -0.39 is 5.41 Å². The zero-order valence-electron chi connectivity index (χ0n) is 19.4. The van der Waals surface area contributed by atoms with Gasteiger partial charge in [0.2, 0.25) is 11.6 Å². The number of aromatic nitrogens is 3. The third-order valence-electron chi connectivity index (χ3n) is 5.30. The van der Waals surface area contributed by atoms with Gasteiger partial charge in [0.25, 0.3) is 0 Å². The van der Waals surface area contributed by atoms with Crippen LogP contribution in [0.5, 0.6) is 5.75 Å². The number of rotatable bonds is 10. The molecule has 3 rings (SSSR count). The fourth-order valence-corrected chi connectivity index (χ4v) is 3.77. The second kappa shape index (κ2) is 12.0. The minimum atomic E-state index is -1.37. The highest BCUT2D eigenvalue weighted by molar-refractivity contribution is 7.18. The van der Waals surface area contributed by atoms with Gasteiger partial charge in [0.1, 0.15) is 23.3 Å². The molecule has 176 valence electrons. The zero-order chi connectivity index (χ0) is 23.7. The highest BCUT2D eigenvalue weighted by Crippen LogP contribution is 2.42. The molecule has 0 fully saturated rings. The van der Waals surface area contributed by atoms with Gasteiger partial charge in [0, 0.05) is 33.4 Å². The summed E-state index contributed by atoms with van der Waals surface area (Å²) in [5.74, 6) is 1.74. The Kier molecular flexibility index (Phi) is 9.76. The Morgan fingerprint density at radius 2 is 2.09 bits per heavy atom. The Hall–Kier alpha value is -2.34. The average Bonchev–Trinajstić information content (AvgIpc) is 3.36. The fourth-order valence-electron chi connectivity index (χ4n) is 3.47. The van der Waals surface area contributed by atoms with Crippen molar-refractivity contribution >= 4 is 27.0 Å². The highest BCUT2D eigenvalue weighted by Gasteiger charge is 2.40. The van der Waals surface area contributed by atoms with Gasteiger partial charge in [0.05, 0.1) is 18.3 Å². The first-order valence-corrected chi connectivity index (χ1v) is 11.6. The second-order valence-electron chi connectivity index (χ2n) is 7.97. The van der Waals surface area contributed by atoms with Gasteiger partial charge in [0.15, 0.2) is 0 Å². The van der Waals surface area contributed by atoms with Crippen LogP contribution in [0.25, 0.3) is 0 Å². The minimum Gasteiger partial charge on any atom is -0.491 e. The first-order valence-electron chi connectivity index (χ1n) is 11.0. The number of Topliss-reactive ketones (excluding diaryl/α,β-unsaturated/α-hetero) is 1. The van der Waals surface area contributed by atoms with Crippen LogP contribution in [0.3, 0.4) is 0 Å². The van der Waals surface area contributed by atoms with E-state index in [1.54, 1.807) is 4.68 Å². The van der Waals surface area contributed by atoms with Crippen molar-refractivity contribution in [2.75, 3.05) is 25.6 Å². The van der Waals surface area contributed by atoms with Gasteiger partial charge in [-0.25, -0.2) is 14.1 Å². The smallest absolute Gasteiger partial charge is 0.217 e. The Morgan fingerprint density at radius 1 is 1.38 bits per heavy atom. The van der Waals surface area contributed by atoms with E-state index in [-0.39, 0.29) is 17.6 Å². The lowest BCUT2D eigenvalue weighted by Gasteiger charge is -2.25. The number of hydrogen-bond donors (Lipinski definition) is 0. The van der Waals surface area contributed by atoms with Crippen LogP contribution in [-0.2, 0) is 11.2 Å². The van der Waals surface area contributed by atoms with E-state index in [2.05, 4.69) is 19.3 Å². The summed E-state index contributed by atoms with van der Waals surface area (Å²) in [6, 6.07) is 7.44. The molecule has 32 heavy (non-hydrogen) atoms. The van der Waals surface area contributed by atoms with Crippen LogP contribution in [0, 0.1) is 0 Å². The Labute approximate surface area is 191 Å². The van der Waals surface area contributed by atoms with Crippen LogP contribution in [0.15, 0.2) is 24.3 Å². The van der Waals surface area contributed by atoms with E-state index in [1.807, 2.05) is 57.1 Å². The molecular weight excluding hydrogens is 430 g/mol. The Balaban J connectivity index is 0.000000235. The third kappa shape index (κ3) is 6.58. The van der Waals surface area contributed by atoms with Gasteiger partial charge in [-0.1, -0.05) is 35.2 Å². The topological polar surface area (TPSA) is 77.3 Å². The van der Waals surface area contributed by atoms with E-state index in [0.717, 1.165) is 30.0 Å². The molecule has 1 aliphatic rings. The van der Waals surface area contributed by atoms with Crippen molar-refractivity contribution in [2.45, 2.75) is 63.8 Å². The van der Waals surface area contributed by atoms with Crippen LogP contribution >= 0.6 is 9.24 Å². The van der Waals surface area contributed by atoms with Gasteiger partial charge in [-0.3, -0.25) is 4.79 Å². The van der Waals surface area contributed by atoms with Crippen LogP contribution in [0.1, 0.15) is 68.4 Å². The number of carbonyl (C=O) groups excluding carboxylic acids is 2. The minimum absolute atomic E-state index is 0.0529. The number of carbonyl (C=O) groups is 2. The quantitative estimate of drug-likeness (QED) is 0.224. The number of aldehydes is 1. The number of alkyl halides is 1. The lowest BCUT2D eigenvalue weighted by Crippen LogP contribution is -2.27. The molecule has 1 aliphatic heterocycles. The number of ketones is 1. The van der Waals surface area contributed by atoms with Crippen molar-refractivity contribution in [2.24, 2.45) is 0 Å². The maximum atomic E-state index is 14.4. The molecule has 0 radical (unpaired) electrons. The van der Waals surface area contributed by atoms with Gasteiger partial charge in [-0.15, -0.1) is 5.10 Å². The summed E-state index contributed by atoms with van der Waals surface area (Å²) in [6.45, 7) is 4.19. The Bertz CT molecular complexity index is 901. The molecule has 7 nitrogen and oxygen atoms in total. The van der Waals surface area contributed by atoms with Gasteiger partial charge in [-0.05, 0) is 31.4 Å². The number of para-hydroxylation sites is 2. The van der Waals surface area contributed by atoms with Crippen molar-refractivity contribution in [3.05, 3.63) is 35.9 Å². The number of benzene rings is 1. The molecule has 3 atom stereocenters. The summed E-state index contributed by atoms with van der Waals surface area (Å²) in [7, 11) is 6.19. The normalized spacial score (nSPS) is 16.4. The fraction of sp³-hybridized carbons (Fsp3) is 0.565. The molecule has 2 heterocycles. The van der Waals surface area contributed by atoms with Gasteiger partial charge in [-0.2, -0.15) is 0 Å². The average molecular weight is 465 g/mol. The van der Waals surface area contributed by atoms with Crippen molar-refractivity contribution in [1.82, 2.24) is 14.8 Å². The Morgan fingerprint density at radius 3 is 2.72 bits per heavy atom. The van der Waals surface area contributed by atoms with E-state index in [0.29, 0.717) is 38.7 Å². The summed E-state index contributed by atoms with van der Waals surface area (Å²) in [5.41, 5.74) is 1.03. The molecule has 0 amide bonds. The summed E-state index contributed by atoms with van der Waals surface area (Å²) in [4.78, 5) is 28.1. The molecule has 1 aromatic carbocycles. The van der Waals surface area contributed by atoms with Gasteiger partial charge >= 0.3 is 0 Å². The number of aryl methyl sites for hydroxylation is 1. The number of fused-ring (bicyclic) bond motifs is 1. The molecule has 0 aliphatic carbocycles. The van der Waals surface area contributed by atoms with Crippen LogP contribution in [-0.4, -0.2) is 52.9 Å². The lowest BCUT2D eigenvalue weighted by molar-refractivity contribution is -0.108. The first kappa shape index (κ1) is 25.9. The SMILES string of the molecule is CCCC(=O)c1nc2n(n1)C(C(F)(P)CC)CC2.CN(C)c1ccccc1OCCC=O. The molecular formula is C23H34FN4O3P. The molecule has 0 bridgehead atoms. The molecule has 1 aromatic heterocycles. The number of hydrogen-bond acceptors (Lipinski definition) is 6. The van der Waals surface area contributed by atoms with Gasteiger partial charge < -0.3 is 14.4 Å². The predicted octanol–water partition coefficient (Wildman–Crippen LogP) is 4.42. The van der Waals surface area contributed by atoms with Crippen LogP contribution in [0.2, 0.25) is 0 Å². The van der Waals surface area contributed by atoms with E-state index in [1.165, 1.54) is 0 Å². The predicted molar refractivity (Wildman–Crippen MR) is 127 cm³/mol. The third-order valence-corrected chi connectivity index (χ3v) is 6.09. The molecule has 3 unspecified atom stereocenters. The molecule has 0 saturated heterocycles. The van der Waals surface area contributed by atoms with Crippen molar-refractivity contribution in [3.8, 4) is 5.75 Å². The highest BCUT2D eigenvalue weighted by atomic mass is 31.0. The maximum Gasteiger partial charge on any atom is 0.217 e. The second-order valence-corrected chi connectivity index (χ2v) is 8.93. The zero-order valence-corrected chi connectivity index (χ0v) is 20.5. The summed E-state index contributed by atoms with van der Waals surface area (Å²) in [5, 5.41) is 2.84. The molecule has 2 aromatic rings. The van der Waals surface area contributed by atoms with Crippen molar-refractivity contribution in [3.63, 3.8) is 0 Å². The molecule has 0 N–H and O–H groups in total. The first-order chi connectivity index (χ1) is 15.2. The number of halogens is 1. The van der Waals surface area contributed by atoms with E-state index >= 15 is 0 Å². The molecule has 0 saturated carbocycles. The number of anilines is 1. The maximum absolute atomic E-state index is 14.4. The number of nitrogens with zero attached hydrogens (tertiary/aromatic N) is 4. The van der Waals surface area contributed by atoms with Crippen molar-refractivity contribution in [1.29, 1.82) is 0 Å². The summed E-state index contributed by atoms with van der Waals surface area (Å²) < 4.78 is 21.4. The number of ether oxygens (including phenoxy) is 1. The van der Waals surface area contributed by atoms with E-state index in [4.69, 9.17) is 4.74 Å². The molecule has 9 heteroatoms. The summed E-state index contributed by atoms with van der Waals surface area (Å²) in [6.07, 6.45) is 4.31. The van der Waals surface area contributed by atoms with Crippen LogP contribution < -0.4 is 9.64 Å².